The number of nitrogens with two attached hydrogens (primary N) is 1. The number of nitrogens with one attached hydrogen (secondary N) is 1. The van der Waals surface area contributed by atoms with Gasteiger partial charge in [0.25, 0.3) is 0 Å². The molecule has 6 heteroatoms. The van der Waals surface area contributed by atoms with E-state index in [0.717, 1.165) is 11.3 Å². The van der Waals surface area contributed by atoms with Crippen molar-refractivity contribution >= 4 is 11.9 Å². The molecule has 1 aliphatic heterocycles. The summed E-state index contributed by atoms with van der Waals surface area (Å²) in [7, 11) is 1.60. The minimum absolute atomic E-state index is 0.279. The lowest BCUT2D eigenvalue weighted by Gasteiger charge is -2.24. The third kappa shape index (κ3) is 3.16. The van der Waals surface area contributed by atoms with Crippen molar-refractivity contribution in [1.82, 2.24) is 5.32 Å². The molecule has 6 nitrogen and oxygen atoms in total. The molecule has 0 radical (unpaired) electrons. The topological polar surface area (TPSA) is 85.9 Å². The number of nitrogens with zero attached hydrogens (tertiary/aromatic N) is 1. The molecule has 0 unspecified atom stereocenters. The first-order chi connectivity index (χ1) is 10.1. The fraction of sp³-hybridized carbons (Fsp3) is 0.333. The van der Waals surface area contributed by atoms with Gasteiger partial charge in [0.1, 0.15) is 11.8 Å². The van der Waals surface area contributed by atoms with E-state index in [9.17, 15) is 4.79 Å². The second-order valence-corrected chi connectivity index (χ2v) is 4.57. The maximum absolute atomic E-state index is 12.2. The number of hydrogen-bond donors (Lipinski definition) is 2. The van der Waals surface area contributed by atoms with Crippen LogP contribution in [-0.2, 0) is 9.53 Å². The molecule has 0 saturated heterocycles. The smallest absolute Gasteiger partial charge is 0.338 e. The van der Waals surface area contributed by atoms with Crippen molar-refractivity contribution in [3.05, 3.63) is 41.1 Å². The lowest BCUT2D eigenvalue weighted by atomic mass is 9.96. The number of hydrogen-bond acceptors (Lipinski definition) is 6. The maximum atomic E-state index is 12.2. The van der Waals surface area contributed by atoms with Gasteiger partial charge in [-0.2, -0.15) is 0 Å². The Kier molecular flexibility index (Phi) is 4.47. The monoisotopic (exact) mass is 289 g/mol. The van der Waals surface area contributed by atoms with Crippen LogP contribution in [0.25, 0.3) is 0 Å². The van der Waals surface area contributed by atoms with Gasteiger partial charge in [0, 0.05) is 5.70 Å². The molecule has 112 valence electrons. The third-order valence-electron chi connectivity index (χ3n) is 3.19. The van der Waals surface area contributed by atoms with Crippen molar-refractivity contribution in [1.29, 1.82) is 0 Å². The Morgan fingerprint density at radius 2 is 2.05 bits per heavy atom. The van der Waals surface area contributed by atoms with E-state index >= 15 is 0 Å². The molecule has 0 aromatic heterocycles. The summed E-state index contributed by atoms with van der Waals surface area (Å²) >= 11 is 0. The third-order valence-corrected chi connectivity index (χ3v) is 3.19. The zero-order valence-electron chi connectivity index (χ0n) is 12.3. The van der Waals surface area contributed by atoms with Crippen LogP contribution in [0.4, 0.5) is 0 Å². The first kappa shape index (κ1) is 14.9. The molecule has 1 aromatic rings. The van der Waals surface area contributed by atoms with Crippen molar-refractivity contribution in [3.8, 4) is 5.75 Å². The summed E-state index contributed by atoms with van der Waals surface area (Å²) in [4.78, 5) is 16.5. The molecule has 0 spiro atoms. The average molecular weight is 289 g/mol. The minimum Gasteiger partial charge on any atom is -0.497 e. The molecule has 0 fully saturated rings. The van der Waals surface area contributed by atoms with Gasteiger partial charge >= 0.3 is 5.97 Å². The highest BCUT2D eigenvalue weighted by atomic mass is 16.5. The molecule has 1 aliphatic rings. The van der Waals surface area contributed by atoms with Gasteiger partial charge in [0.05, 0.1) is 19.3 Å². The van der Waals surface area contributed by atoms with Crippen LogP contribution in [0.15, 0.2) is 40.5 Å². The fourth-order valence-electron chi connectivity index (χ4n) is 2.20. The average Bonchev–Trinajstić information content (AvgIpc) is 2.46. The van der Waals surface area contributed by atoms with Gasteiger partial charge in [0.15, 0.2) is 5.96 Å². The van der Waals surface area contributed by atoms with Crippen LogP contribution in [0.3, 0.4) is 0 Å². The molecular weight excluding hydrogens is 270 g/mol. The second kappa shape index (κ2) is 6.30. The molecule has 1 atom stereocenters. The molecule has 0 bridgehead atoms. The van der Waals surface area contributed by atoms with E-state index in [4.69, 9.17) is 15.2 Å². The standard InChI is InChI=1S/C15H19N3O3/c1-4-21-14(19)12-9(2)17-15(16)18-13(12)10-5-7-11(20-3)8-6-10/h5-8,13H,4H2,1-3H3,(H3,16,17,18)/t13-/m1/s1. The van der Waals surface area contributed by atoms with Gasteiger partial charge in [-0.25, -0.2) is 9.79 Å². The molecule has 0 amide bonds. The Bertz CT molecular complexity index is 591. The summed E-state index contributed by atoms with van der Waals surface area (Å²) in [6.45, 7) is 3.86. The van der Waals surface area contributed by atoms with Gasteiger partial charge < -0.3 is 20.5 Å². The number of ether oxygens (including phenoxy) is 2. The van der Waals surface area contributed by atoms with Gasteiger partial charge in [-0.1, -0.05) is 12.1 Å². The van der Waals surface area contributed by atoms with Gasteiger partial charge in [-0.15, -0.1) is 0 Å². The van der Waals surface area contributed by atoms with Crippen LogP contribution >= 0.6 is 0 Å². The van der Waals surface area contributed by atoms with E-state index in [-0.39, 0.29) is 11.9 Å². The minimum atomic E-state index is -0.476. The summed E-state index contributed by atoms with van der Waals surface area (Å²) in [6.07, 6.45) is 0. The normalized spacial score (nSPS) is 17.9. The van der Waals surface area contributed by atoms with Crippen LogP contribution in [0.1, 0.15) is 25.5 Å². The predicted octanol–water partition coefficient (Wildman–Crippen LogP) is 1.49. The van der Waals surface area contributed by atoms with Gasteiger partial charge in [-0.3, -0.25) is 0 Å². The zero-order valence-corrected chi connectivity index (χ0v) is 12.3. The summed E-state index contributed by atoms with van der Waals surface area (Å²) in [5, 5.41) is 2.87. The summed E-state index contributed by atoms with van der Waals surface area (Å²) in [6, 6.07) is 6.88. The van der Waals surface area contributed by atoms with Crippen LogP contribution in [0.2, 0.25) is 0 Å². The molecule has 1 heterocycles. The van der Waals surface area contributed by atoms with Crippen molar-refractivity contribution in [2.45, 2.75) is 19.9 Å². The molecule has 3 N–H and O–H groups in total. The van der Waals surface area contributed by atoms with E-state index in [1.54, 1.807) is 21.0 Å². The number of rotatable bonds is 4. The first-order valence-electron chi connectivity index (χ1n) is 6.69. The van der Waals surface area contributed by atoms with Crippen molar-refractivity contribution in [2.75, 3.05) is 13.7 Å². The Labute approximate surface area is 123 Å². The second-order valence-electron chi connectivity index (χ2n) is 4.57. The predicted molar refractivity (Wildman–Crippen MR) is 79.8 cm³/mol. The number of guanidine groups is 1. The molecule has 0 saturated carbocycles. The summed E-state index contributed by atoms with van der Waals surface area (Å²) in [5.41, 5.74) is 7.75. The number of esters is 1. The Hall–Kier alpha value is -2.50. The number of carbonyl (C=O) groups is 1. The summed E-state index contributed by atoms with van der Waals surface area (Å²) < 4.78 is 10.2. The van der Waals surface area contributed by atoms with Gasteiger partial charge in [0.2, 0.25) is 0 Å². The van der Waals surface area contributed by atoms with E-state index < -0.39 is 6.04 Å². The van der Waals surface area contributed by atoms with Crippen molar-refractivity contribution < 1.29 is 14.3 Å². The van der Waals surface area contributed by atoms with Crippen molar-refractivity contribution in [2.24, 2.45) is 10.7 Å². The molecule has 0 aliphatic carbocycles. The SMILES string of the molecule is CCOC(=O)C1=C(C)NC(N)=N[C@@H]1c1ccc(OC)cc1. The van der Waals surface area contributed by atoms with E-state index in [0.29, 0.717) is 17.9 Å². The van der Waals surface area contributed by atoms with E-state index in [1.807, 2.05) is 24.3 Å². The molecule has 2 rings (SSSR count). The van der Waals surface area contributed by atoms with Crippen LogP contribution in [0, 0.1) is 0 Å². The molecular formula is C15H19N3O3. The lowest BCUT2D eigenvalue weighted by Crippen LogP contribution is -2.37. The lowest BCUT2D eigenvalue weighted by molar-refractivity contribution is -0.138. The number of methoxy groups -OCH3 is 1. The highest BCUT2D eigenvalue weighted by molar-refractivity contribution is 5.94. The number of benzene rings is 1. The van der Waals surface area contributed by atoms with Crippen LogP contribution < -0.4 is 15.8 Å². The highest BCUT2D eigenvalue weighted by Crippen LogP contribution is 2.31. The van der Waals surface area contributed by atoms with E-state index in [2.05, 4.69) is 10.3 Å². The Balaban J connectivity index is 2.40. The quantitative estimate of drug-likeness (QED) is 0.820. The van der Waals surface area contributed by atoms with Crippen LogP contribution in [-0.4, -0.2) is 25.6 Å². The summed E-state index contributed by atoms with van der Waals surface area (Å²) in [5.74, 6) is 0.629. The number of allylic oxidation sites excluding steroid dienone is 1. The molecule has 21 heavy (non-hydrogen) atoms. The zero-order chi connectivity index (χ0) is 15.4. The number of aliphatic imine (C=N–C) groups is 1. The maximum Gasteiger partial charge on any atom is 0.338 e. The molecule has 1 aromatic carbocycles. The van der Waals surface area contributed by atoms with Crippen molar-refractivity contribution in [3.63, 3.8) is 0 Å². The number of carbonyl (C=O) groups excluding carboxylic acids is 1. The van der Waals surface area contributed by atoms with Crippen LogP contribution in [0.5, 0.6) is 5.75 Å². The van der Waals surface area contributed by atoms with Gasteiger partial charge in [-0.05, 0) is 31.5 Å². The largest absolute Gasteiger partial charge is 0.497 e. The van der Waals surface area contributed by atoms with E-state index in [1.165, 1.54) is 0 Å². The highest BCUT2D eigenvalue weighted by Gasteiger charge is 2.29. The Morgan fingerprint density at radius 3 is 2.62 bits per heavy atom. The first-order valence-corrected chi connectivity index (χ1v) is 6.69. The Morgan fingerprint density at radius 1 is 1.38 bits per heavy atom. The fourth-order valence-corrected chi connectivity index (χ4v) is 2.20.